The lowest BCUT2D eigenvalue weighted by Gasteiger charge is -2.14. The van der Waals surface area contributed by atoms with Crippen molar-refractivity contribution in [2.24, 2.45) is 0 Å². The molecule has 2 fully saturated rings. The number of methoxy groups -OCH3 is 2. The SMILES string of the molecule is COc1ccc([I+]c2ccc(OC)c(C3CCCC3)c2)cc1C1CCCC1.F[B-](F)(F)F. The van der Waals surface area contributed by atoms with Crippen LogP contribution in [-0.4, -0.2) is 21.5 Å². The molecule has 2 saturated carbocycles. The van der Waals surface area contributed by atoms with Crippen LogP contribution < -0.4 is 30.7 Å². The summed E-state index contributed by atoms with van der Waals surface area (Å²) in [5.41, 5.74) is 2.88. The number of halogens is 5. The standard InChI is InChI=1S/C24H30IO2.BF4/c1-26-23-13-11-19(15-21(23)17-7-3-4-8-17)25-20-12-14-24(27-2)22(16-20)18-9-5-6-10-18;2-1(3,4)5/h11-18H,3-10H2,1-2H3;/q+1;-1. The number of hydrogen-bond acceptors (Lipinski definition) is 2. The van der Waals surface area contributed by atoms with Crippen LogP contribution in [0.1, 0.15) is 74.3 Å². The Hall–Kier alpha value is -1.45. The Kier molecular flexibility index (Phi) is 9.14. The fourth-order valence-electron chi connectivity index (χ4n) is 4.77. The van der Waals surface area contributed by atoms with E-state index in [0.717, 1.165) is 11.5 Å². The van der Waals surface area contributed by atoms with Crippen molar-refractivity contribution in [3.8, 4) is 11.5 Å². The molecule has 0 heterocycles. The normalized spacial score (nSPS) is 17.2. The third-order valence-corrected chi connectivity index (χ3v) is 8.78. The van der Waals surface area contributed by atoms with Crippen LogP contribution >= 0.6 is 0 Å². The summed E-state index contributed by atoms with van der Waals surface area (Å²) in [5.74, 6) is 3.54. The molecule has 0 N–H and O–H groups in total. The summed E-state index contributed by atoms with van der Waals surface area (Å²) in [4.78, 5) is 0. The van der Waals surface area contributed by atoms with E-state index in [0.29, 0.717) is 11.8 Å². The molecule has 0 aromatic heterocycles. The fraction of sp³-hybridized carbons (Fsp3) is 0.500. The molecule has 4 rings (SSSR count). The molecule has 0 saturated heterocycles. The van der Waals surface area contributed by atoms with Crippen LogP contribution in [-0.2, 0) is 0 Å². The molecule has 0 spiro atoms. The van der Waals surface area contributed by atoms with E-state index in [1.165, 1.54) is 69.6 Å². The maximum absolute atomic E-state index is 9.75. The van der Waals surface area contributed by atoms with E-state index in [1.807, 2.05) is 0 Å². The first kappa shape index (κ1) is 25.2. The molecule has 2 nitrogen and oxygen atoms in total. The third-order valence-electron chi connectivity index (χ3n) is 6.19. The van der Waals surface area contributed by atoms with Gasteiger partial charge in [0.2, 0.25) is 0 Å². The molecular formula is C24H30BF4IO2. The van der Waals surface area contributed by atoms with Crippen LogP contribution in [0.5, 0.6) is 11.5 Å². The largest absolute Gasteiger partial charge is 0.673 e. The van der Waals surface area contributed by atoms with Crippen molar-refractivity contribution in [2.75, 3.05) is 14.2 Å². The summed E-state index contributed by atoms with van der Waals surface area (Å²) in [6.45, 7) is 0. The minimum atomic E-state index is -6.00. The number of benzene rings is 2. The average Bonchev–Trinajstić information content (AvgIpc) is 3.47. The van der Waals surface area contributed by atoms with Gasteiger partial charge in [0.1, 0.15) is 11.5 Å². The van der Waals surface area contributed by atoms with Gasteiger partial charge in [-0.3, -0.25) is 0 Å². The minimum absolute atomic E-state index is 0.184. The van der Waals surface area contributed by atoms with Crippen molar-refractivity contribution in [3.05, 3.63) is 54.7 Å². The zero-order chi connectivity index (χ0) is 23.1. The molecule has 0 amide bonds. The molecule has 8 heteroatoms. The van der Waals surface area contributed by atoms with Crippen molar-refractivity contribution in [1.82, 2.24) is 0 Å². The Morgan fingerprint density at radius 2 is 1.03 bits per heavy atom. The van der Waals surface area contributed by atoms with Crippen molar-refractivity contribution in [3.63, 3.8) is 0 Å². The molecular weight excluding hydrogens is 534 g/mol. The van der Waals surface area contributed by atoms with E-state index in [2.05, 4.69) is 36.4 Å². The highest BCUT2D eigenvalue weighted by molar-refractivity contribution is 6.50. The van der Waals surface area contributed by atoms with Crippen molar-refractivity contribution in [2.45, 2.75) is 63.2 Å². The molecule has 0 radical (unpaired) electrons. The summed E-state index contributed by atoms with van der Waals surface area (Å²) in [6, 6.07) is 13.9. The van der Waals surface area contributed by atoms with Gasteiger partial charge in [-0.1, -0.05) is 25.7 Å². The summed E-state index contributed by atoms with van der Waals surface area (Å²) in [6.07, 6.45) is 10.7. The molecule has 2 aromatic carbocycles. The van der Waals surface area contributed by atoms with Crippen LogP contribution in [0.25, 0.3) is 0 Å². The smallest absolute Gasteiger partial charge is 0.496 e. The topological polar surface area (TPSA) is 18.5 Å². The Balaban J connectivity index is 0.000000523. The van der Waals surface area contributed by atoms with Crippen LogP contribution in [0, 0.1) is 7.14 Å². The van der Waals surface area contributed by atoms with E-state index < -0.39 is 7.25 Å². The maximum Gasteiger partial charge on any atom is 0.673 e. The van der Waals surface area contributed by atoms with Gasteiger partial charge in [-0.2, -0.15) is 0 Å². The van der Waals surface area contributed by atoms with Gasteiger partial charge in [0.05, 0.1) is 14.2 Å². The summed E-state index contributed by atoms with van der Waals surface area (Å²) >= 11 is -0.184. The molecule has 2 aliphatic carbocycles. The van der Waals surface area contributed by atoms with E-state index >= 15 is 0 Å². The highest BCUT2D eigenvalue weighted by Gasteiger charge is 2.27. The van der Waals surface area contributed by atoms with E-state index in [1.54, 1.807) is 14.2 Å². The van der Waals surface area contributed by atoms with Gasteiger partial charge in [-0.15, -0.1) is 0 Å². The first-order valence-corrected chi connectivity index (χ1v) is 13.3. The lowest BCUT2D eigenvalue weighted by Crippen LogP contribution is -3.61. The molecule has 2 aromatic rings. The van der Waals surface area contributed by atoms with Crippen molar-refractivity contribution >= 4 is 7.25 Å². The average molecular weight is 564 g/mol. The van der Waals surface area contributed by atoms with Gasteiger partial charge in [0, 0.05) is 11.1 Å². The van der Waals surface area contributed by atoms with Crippen LogP contribution in [0.4, 0.5) is 17.3 Å². The summed E-state index contributed by atoms with van der Waals surface area (Å²) in [5, 5.41) is 0. The van der Waals surface area contributed by atoms with Gasteiger partial charge < -0.3 is 26.7 Å². The van der Waals surface area contributed by atoms with Crippen molar-refractivity contribution in [1.29, 1.82) is 0 Å². The molecule has 32 heavy (non-hydrogen) atoms. The van der Waals surface area contributed by atoms with Gasteiger partial charge >= 0.3 is 28.5 Å². The molecule has 176 valence electrons. The fourth-order valence-corrected chi connectivity index (χ4v) is 7.19. The Morgan fingerprint density at radius 1 is 0.688 bits per heavy atom. The van der Waals surface area contributed by atoms with Gasteiger partial charge in [-0.25, -0.2) is 0 Å². The van der Waals surface area contributed by atoms with E-state index in [-0.39, 0.29) is 21.2 Å². The highest BCUT2D eigenvalue weighted by atomic mass is 127. The molecule has 0 aliphatic heterocycles. The van der Waals surface area contributed by atoms with Gasteiger partial charge in [-0.05, 0) is 73.9 Å². The summed E-state index contributed by atoms with van der Waals surface area (Å²) < 4.78 is 53.3. The predicted octanol–water partition coefficient (Wildman–Crippen LogP) is 4.45. The van der Waals surface area contributed by atoms with E-state index in [9.17, 15) is 17.3 Å². The van der Waals surface area contributed by atoms with E-state index in [4.69, 9.17) is 9.47 Å². The van der Waals surface area contributed by atoms with Crippen LogP contribution in [0.15, 0.2) is 36.4 Å². The molecule has 2 aliphatic rings. The van der Waals surface area contributed by atoms with Gasteiger partial charge in [0.25, 0.3) is 0 Å². The first-order chi connectivity index (χ1) is 15.3. The van der Waals surface area contributed by atoms with Gasteiger partial charge in [0.15, 0.2) is 7.14 Å². The minimum Gasteiger partial charge on any atom is -0.496 e. The second-order valence-corrected chi connectivity index (χ2v) is 11.4. The molecule has 0 atom stereocenters. The summed E-state index contributed by atoms with van der Waals surface area (Å²) in [7, 11) is -2.39. The third kappa shape index (κ3) is 7.28. The number of hydrogen-bond donors (Lipinski definition) is 0. The quantitative estimate of drug-likeness (QED) is 0.294. The zero-order valence-electron chi connectivity index (χ0n) is 18.6. The number of ether oxygens (including phenoxy) is 2. The zero-order valence-corrected chi connectivity index (χ0v) is 20.7. The lowest BCUT2D eigenvalue weighted by atomic mass is 9.97. The lowest BCUT2D eigenvalue weighted by molar-refractivity contribution is -0.597. The second-order valence-electron chi connectivity index (χ2n) is 8.32. The van der Waals surface area contributed by atoms with Crippen LogP contribution in [0.2, 0.25) is 0 Å². The second kappa shape index (κ2) is 11.6. The highest BCUT2D eigenvalue weighted by Crippen LogP contribution is 2.39. The Bertz CT molecular complexity index is 807. The van der Waals surface area contributed by atoms with Crippen molar-refractivity contribution < 1.29 is 47.9 Å². The first-order valence-electron chi connectivity index (χ1n) is 11.2. The predicted molar refractivity (Wildman–Crippen MR) is 116 cm³/mol. The number of rotatable bonds is 6. The van der Waals surface area contributed by atoms with Crippen LogP contribution in [0.3, 0.4) is 0 Å². The maximum atomic E-state index is 9.75. The Morgan fingerprint density at radius 3 is 1.34 bits per heavy atom. The monoisotopic (exact) mass is 564 g/mol. The Labute approximate surface area is 198 Å². The molecule has 0 unspecified atom stereocenters. The molecule has 0 bridgehead atoms.